The first-order valence-corrected chi connectivity index (χ1v) is 7.74. The summed E-state index contributed by atoms with van der Waals surface area (Å²) in [4.78, 5) is 16.7. The van der Waals surface area contributed by atoms with Gasteiger partial charge >= 0.3 is 0 Å². The van der Waals surface area contributed by atoms with Crippen molar-refractivity contribution in [3.63, 3.8) is 0 Å². The molecule has 1 heterocycles. The lowest BCUT2D eigenvalue weighted by Crippen LogP contribution is -2.35. The number of amides is 1. The van der Waals surface area contributed by atoms with Gasteiger partial charge in [0.2, 0.25) is 5.91 Å². The van der Waals surface area contributed by atoms with E-state index >= 15 is 0 Å². The SMILES string of the molecule is CC(C)CC1(C(=O)Nc2ccncc2Br)CCCC1. The maximum absolute atomic E-state index is 12.7. The molecule has 1 aromatic rings. The fourth-order valence-corrected chi connectivity index (χ4v) is 3.44. The van der Waals surface area contributed by atoms with Crippen LogP contribution < -0.4 is 5.32 Å². The maximum atomic E-state index is 12.7. The van der Waals surface area contributed by atoms with Crippen LogP contribution in [0, 0.1) is 11.3 Å². The van der Waals surface area contributed by atoms with Crippen LogP contribution in [0.3, 0.4) is 0 Å². The zero-order valence-corrected chi connectivity index (χ0v) is 13.2. The summed E-state index contributed by atoms with van der Waals surface area (Å²) in [5, 5.41) is 3.07. The van der Waals surface area contributed by atoms with Gasteiger partial charge in [-0.25, -0.2) is 0 Å². The van der Waals surface area contributed by atoms with E-state index in [1.807, 2.05) is 6.07 Å². The van der Waals surface area contributed by atoms with Crippen LogP contribution in [-0.4, -0.2) is 10.9 Å². The largest absolute Gasteiger partial charge is 0.324 e. The number of nitrogens with zero attached hydrogens (tertiary/aromatic N) is 1. The number of aromatic nitrogens is 1. The summed E-state index contributed by atoms with van der Waals surface area (Å²) in [5.41, 5.74) is 0.645. The average molecular weight is 325 g/mol. The molecule has 0 spiro atoms. The van der Waals surface area contributed by atoms with E-state index in [1.165, 1.54) is 0 Å². The second-order valence-corrected chi connectivity index (χ2v) is 6.75. The molecule has 3 nitrogen and oxygen atoms in total. The van der Waals surface area contributed by atoms with Gasteiger partial charge in [0.05, 0.1) is 10.2 Å². The number of anilines is 1. The molecule has 1 aliphatic carbocycles. The van der Waals surface area contributed by atoms with Crippen molar-refractivity contribution in [1.82, 2.24) is 4.98 Å². The molecular weight excluding hydrogens is 304 g/mol. The highest BCUT2D eigenvalue weighted by molar-refractivity contribution is 9.10. The zero-order chi connectivity index (χ0) is 13.9. The molecule has 0 aliphatic heterocycles. The molecule has 104 valence electrons. The van der Waals surface area contributed by atoms with Gasteiger partial charge in [0.25, 0.3) is 0 Å². The molecule has 0 atom stereocenters. The van der Waals surface area contributed by atoms with Crippen LogP contribution in [0.25, 0.3) is 0 Å². The van der Waals surface area contributed by atoms with Gasteiger partial charge in [-0.2, -0.15) is 0 Å². The van der Waals surface area contributed by atoms with Crippen molar-refractivity contribution in [2.24, 2.45) is 11.3 Å². The van der Waals surface area contributed by atoms with Crippen molar-refractivity contribution in [3.8, 4) is 0 Å². The van der Waals surface area contributed by atoms with Crippen molar-refractivity contribution >= 4 is 27.5 Å². The van der Waals surface area contributed by atoms with E-state index in [9.17, 15) is 4.79 Å². The smallest absolute Gasteiger partial charge is 0.230 e. The zero-order valence-electron chi connectivity index (χ0n) is 11.6. The average Bonchev–Trinajstić information content (AvgIpc) is 2.81. The number of pyridine rings is 1. The molecule has 0 bridgehead atoms. The second kappa shape index (κ2) is 6.04. The van der Waals surface area contributed by atoms with Gasteiger partial charge in [-0.1, -0.05) is 26.7 Å². The number of rotatable bonds is 4. The van der Waals surface area contributed by atoms with Gasteiger partial charge in [-0.3, -0.25) is 9.78 Å². The van der Waals surface area contributed by atoms with Crippen LogP contribution >= 0.6 is 15.9 Å². The summed E-state index contributed by atoms with van der Waals surface area (Å²) in [7, 11) is 0. The highest BCUT2D eigenvalue weighted by Crippen LogP contribution is 2.44. The highest BCUT2D eigenvalue weighted by atomic mass is 79.9. The van der Waals surface area contributed by atoms with E-state index in [2.05, 4.69) is 40.1 Å². The Morgan fingerprint density at radius 1 is 1.47 bits per heavy atom. The lowest BCUT2D eigenvalue weighted by molar-refractivity contribution is -0.126. The molecule has 4 heteroatoms. The minimum absolute atomic E-state index is 0.170. The van der Waals surface area contributed by atoms with Crippen LogP contribution in [0.1, 0.15) is 46.0 Å². The fraction of sp³-hybridized carbons (Fsp3) is 0.600. The van der Waals surface area contributed by atoms with Crippen LogP contribution in [0.15, 0.2) is 22.9 Å². The Bertz CT molecular complexity index is 453. The molecule has 19 heavy (non-hydrogen) atoms. The summed E-state index contributed by atoms with van der Waals surface area (Å²) >= 11 is 3.42. The third kappa shape index (κ3) is 3.35. The predicted molar refractivity (Wildman–Crippen MR) is 80.9 cm³/mol. The molecule has 1 aliphatic rings. The molecular formula is C15H21BrN2O. The summed E-state index contributed by atoms with van der Waals surface area (Å²) in [5.74, 6) is 0.718. The number of nitrogens with one attached hydrogen (secondary N) is 1. The van der Waals surface area contributed by atoms with Crippen molar-refractivity contribution in [3.05, 3.63) is 22.9 Å². The number of hydrogen-bond acceptors (Lipinski definition) is 2. The number of carbonyl (C=O) groups is 1. The van der Waals surface area contributed by atoms with E-state index in [-0.39, 0.29) is 11.3 Å². The van der Waals surface area contributed by atoms with Gasteiger partial charge in [0, 0.05) is 17.8 Å². The van der Waals surface area contributed by atoms with Crippen molar-refractivity contribution in [1.29, 1.82) is 0 Å². The second-order valence-electron chi connectivity index (χ2n) is 5.90. The fourth-order valence-electron chi connectivity index (χ4n) is 3.09. The van der Waals surface area contributed by atoms with Gasteiger partial charge in [-0.05, 0) is 47.2 Å². The Labute approximate surface area is 123 Å². The minimum atomic E-state index is -0.170. The first-order chi connectivity index (χ1) is 9.03. The molecule has 0 saturated heterocycles. The Balaban J connectivity index is 2.15. The quantitative estimate of drug-likeness (QED) is 0.892. The first kappa shape index (κ1) is 14.5. The monoisotopic (exact) mass is 324 g/mol. The predicted octanol–water partition coefficient (Wildman–Crippen LogP) is 4.39. The third-order valence-electron chi connectivity index (χ3n) is 3.86. The Morgan fingerprint density at radius 2 is 2.16 bits per heavy atom. The lowest BCUT2D eigenvalue weighted by atomic mass is 9.77. The topological polar surface area (TPSA) is 42.0 Å². The van der Waals surface area contributed by atoms with Crippen molar-refractivity contribution in [2.45, 2.75) is 46.0 Å². The van der Waals surface area contributed by atoms with Gasteiger partial charge < -0.3 is 5.32 Å². The number of halogens is 1. The standard InChI is InChI=1S/C15H21BrN2O/c1-11(2)9-15(6-3-4-7-15)14(19)18-13-5-8-17-10-12(13)16/h5,8,10-11H,3-4,6-7,9H2,1-2H3,(H,17,18,19). The molecule has 1 saturated carbocycles. The minimum Gasteiger partial charge on any atom is -0.324 e. The van der Waals surface area contributed by atoms with Gasteiger partial charge in [0.1, 0.15) is 0 Å². The van der Waals surface area contributed by atoms with Crippen molar-refractivity contribution < 1.29 is 4.79 Å². The van der Waals surface area contributed by atoms with E-state index in [1.54, 1.807) is 12.4 Å². The van der Waals surface area contributed by atoms with Crippen LogP contribution in [-0.2, 0) is 4.79 Å². The molecule has 1 N–H and O–H groups in total. The summed E-state index contributed by atoms with van der Waals surface area (Å²) in [6.45, 7) is 4.38. The Hall–Kier alpha value is -0.900. The lowest BCUT2D eigenvalue weighted by Gasteiger charge is -2.29. The normalized spacial score (nSPS) is 17.7. The highest BCUT2D eigenvalue weighted by Gasteiger charge is 2.41. The summed E-state index contributed by atoms with van der Waals surface area (Å²) < 4.78 is 0.834. The van der Waals surface area contributed by atoms with Crippen LogP contribution in [0.4, 0.5) is 5.69 Å². The van der Waals surface area contributed by atoms with Crippen molar-refractivity contribution in [2.75, 3.05) is 5.32 Å². The number of carbonyl (C=O) groups excluding carboxylic acids is 1. The van der Waals surface area contributed by atoms with E-state index in [0.717, 1.165) is 42.3 Å². The molecule has 0 unspecified atom stereocenters. The summed E-state index contributed by atoms with van der Waals surface area (Å²) in [6.07, 6.45) is 8.74. The number of hydrogen-bond donors (Lipinski definition) is 1. The van der Waals surface area contributed by atoms with Gasteiger partial charge in [0.15, 0.2) is 0 Å². The molecule has 1 aromatic heterocycles. The Morgan fingerprint density at radius 3 is 2.74 bits per heavy atom. The van der Waals surface area contributed by atoms with E-state index < -0.39 is 0 Å². The van der Waals surface area contributed by atoms with E-state index in [4.69, 9.17) is 0 Å². The first-order valence-electron chi connectivity index (χ1n) is 6.94. The Kier molecular flexibility index (Phi) is 4.61. The molecule has 0 aromatic carbocycles. The molecule has 2 rings (SSSR count). The molecule has 0 radical (unpaired) electrons. The molecule has 1 amide bonds. The van der Waals surface area contributed by atoms with Crippen LogP contribution in [0.2, 0.25) is 0 Å². The van der Waals surface area contributed by atoms with E-state index in [0.29, 0.717) is 5.92 Å². The van der Waals surface area contributed by atoms with Crippen LogP contribution in [0.5, 0.6) is 0 Å². The molecule has 1 fully saturated rings. The maximum Gasteiger partial charge on any atom is 0.230 e. The third-order valence-corrected chi connectivity index (χ3v) is 4.49. The van der Waals surface area contributed by atoms with Gasteiger partial charge in [-0.15, -0.1) is 0 Å². The summed E-state index contributed by atoms with van der Waals surface area (Å²) in [6, 6.07) is 1.83.